The molecule has 530 valence electrons. The van der Waals surface area contributed by atoms with E-state index in [1.807, 2.05) is 0 Å². The van der Waals surface area contributed by atoms with Crippen LogP contribution in [0, 0.1) is 0 Å². The fourth-order valence-electron chi connectivity index (χ4n) is 19.7. The second-order valence-electron chi connectivity index (χ2n) is 30.3. The number of hydrogen-bond donors (Lipinski definition) is 0. The van der Waals surface area contributed by atoms with Gasteiger partial charge in [0.05, 0.1) is 55.5 Å². The minimum atomic E-state index is -0.572. The third-order valence-corrected chi connectivity index (χ3v) is 24.4. The number of fused-ring (bicyclic) bond motifs is 23. The maximum absolute atomic E-state index is 5.66. The zero-order valence-corrected chi connectivity index (χ0v) is 61.7. The highest BCUT2D eigenvalue weighted by Gasteiger charge is 2.54. The van der Waals surface area contributed by atoms with Crippen LogP contribution in [0.15, 0.2) is 400 Å². The average Bonchev–Trinajstić information content (AvgIpc) is 1.50. The van der Waals surface area contributed by atoms with E-state index in [2.05, 4.69) is 419 Å². The molecule has 8 heteroatoms. The fraction of sp³-hybridized carbons (Fsp3) is 0.0189. The molecular weight excluding hydrogens is 1390 g/mol. The standard InChI is InChI=1S/C53H32N4.C53H34N4/c1-2-14-33(15-3-1)51-54-45-23-11-13-25-48(45)56(51)37-27-28-39-36(31-37)30-34-16-4-5-17-38(34)50(39)35-26-29-49-46(32-35)55-52-53(44-22-10-12-24-47(44)57(49)52)42-20-8-6-18-40(42)41-19-7-9-21-43(41)53;1-4-16-35(17-5-1)51-54-45-25-13-15-27-48(45)56(51)41-29-30-43-38(33-41)32-36-18-10-11-23-42(36)50(43)37-28-31-49-46(34-37)55-52-53(39-19-6-2-7-20-39,40-21-8-3-9-22-40)44-24-12-14-26-47(44)57(49)52/h1-32H;1-34H. The van der Waals surface area contributed by atoms with Gasteiger partial charge < -0.3 is 0 Å². The van der Waals surface area contributed by atoms with Gasteiger partial charge in [-0.05, 0) is 207 Å². The molecule has 0 bridgehead atoms. The lowest BCUT2D eigenvalue weighted by molar-refractivity contribution is 0.718. The van der Waals surface area contributed by atoms with E-state index in [0.717, 1.165) is 101 Å². The number of benzene rings is 18. The van der Waals surface area contributed by atoms with Gasteiger partial charge in [0.25, 0.3) is 0 Å². The molecule has 1 aliphatic carbocycles. The van der Waals surface area contributed by atoms with Gasteiger partial charge in [0, 0.05) is 22.5 Å². The molecule has 0 fully saturated rings. The number of hydrogen-bond acceptors (Lipinski definition) is 4. The van der Waals surface area contributed by atoms with Crippen LogP contribution in [-0.4, -0.2) is 38.2 Å². The molecule has 0 radical (unpaired) electrons. The second kappa shape index (κ2) is 24.7. The van der Waals surface area contributed by atoms with Crippen molar-refractivity contribution in [3.63, 3.8) is 0 Å². The van der Waals surface area contributed by atoms with Crippen LogP contribution < -0.4 is 0 Å². The molecule has 1 spiro atoms. The van der Waals surface area contributed by atoms with E-state index in [9.17, 15) is 0 Å². The highest BCUT2D eigenvalue weighted by atomic mass is 15.2. The normalized spacial score (nSPS) is 13.2. The molecule has 8 nitrogen and oxygen atoms in total. The minimum Gasteiger partial charge on any atom is -0.295 e. The second-order valence-corrected chi connectivity index (χ2v) is 30.3. The SMILES string of the molecule is c1ccc(-c2nc3ccccc3n2-c2ccc3c(-c4ccc5c(c4)nc4n5-c5ccccc5C4(c4ccccc4)c4ccccc4)c4ccccc4cc3c2)cc1.c1ccc(-c2nc3ccccc3n2-c2ccc3c(-c4ccc5c(c4)nc4n5-c5ccccc5C45c4ccccc4-c4ccccc45)c4ccccc4cc3c2)cc1. The van der Waals surface area contributed by atoms with Gasteiger partial charge >= 0.3 is 0 Å². The van der Waals surface area contributed by atoms with Crippen molar-refractivity contribution >= 4 is 87.2 Å². The molecule has 0 N–H and O–H groups in total. The van der Waals surface area contributed by atoms with Crippen LogP contribution in [0.3, 0.4) is 0 Å². The van der Waals surface area contributed by atoms with Crippen LogP contribution in [0.4, 0.5) is 0 Å². The van der Waals surface area contributed by atoms with Crippen molar-refractivity contribution in [3.05, 3.63) is 445 Å². The third kappa shape index (κ3) is 9.10. The fourth-order valence-corrected chi connectivity index (χ4v) is 19.7. The van der Waals surface area contributed by atoms with Crippen molar-refractivity contribution in [2.45, 2.75) is 10.8 Å². The highest BCUT2D eigenvalue weighted by molar-refractivity contribution is 6.16. The Morgan fingerprint density at radius 1 is 0.211 bits per heavy atom. The zero-order chi connectivity index (χ0) is 74.7. The smallest absolute Gasteiger partial charge is 0.145 e. The van der Waals surface area contributed by atoms with E-state index >= 15 is 0 Å². The maximum Gasteiger partial charge on any atom is 0.145 e. The Morgan fingerprint density at radius 3 is 1.04 bits per heavy atom. The van der Waals surface area contributed by atoms with E-state index in [4.69, 9.17) is 19.9 Å². The average molecular weight is 1450 g/mol. The molecular formula is C106H66N8. The van der Waals surface area contributed by atoms with Gasteiger partial charge in [-0.25, -0.2) is 19.9 Å². The summed E-state index contributed by atoms with van der Waals surface area (Å²) in [4.78, 5) is 21.5. The molecule has 22 aromatic rings. The van der Waals surface area contributed by atoms with E-state index in [0.29, 0.717) is 0 Å². The molecule has 0 saturated carbocycles. The molecule has 114 heavy (non-hydrogen) atoms. The topological polar surface area (TPSA) is 71.3 Å². The predicted octanol–water partition coefficient (Wildman–Crippen LogP) is 25.4. The first-order chi connectivity index (χ1) is 56.5. The van der Waals surface area contributed by atoms with Crippen LogP contribution in [0.1, 0.15) is 45.0 Å². The summed E-state index contributed by atoms with van der Waals surface area (Å²) in [5.41, 5.74) is 28.7. The monoisotopic (exact) mass is 1450 g/mol. The number of nitrogens with zero attached hydrogens (tertiary/aromatic N) is 8. The zero-order valence-electron chi connectivity index (χ0n) is 61.7. The summed E-state index contributed by atoms with van der Waals surface area (Å²) in [5.74, 6) is 3.94. The van der Waals surface area contributed by atoms with Crippen molar-refractivity contribution in [2.24, 2.45) is 0 Å². The molecule has 6 heterocycles. The van der Waals surface area contributed by atoms with Crippen molar-refractivity contribution in [1.29, 1.82) is 0 Å². The lowest BCUT2D eigenvalue weighted by Crippen LogP contribution is -2.29. The summed E-state index contributed by atoms with van der Waals surface area (Å²) in [6, 6.07) is 145. The van der Waals surface area contributed by atoms with Crippen LogP contribution in [0.2, 0.25) is 0 Å². The number of aromatic nitrogens is 8. The largest absolute Gasteiger partial charge is 0.295 e. The maximum atomic E-state index is 5.66. The Hall–Kier alpha value is -15.1. The van der Waals surface area contributed by atoms with Gasteiger partial charge in [-0.1, -0.05) is 303 Å². The molecule has 25 rings (SSSR count). The number of rotatable bonds is 8. The third-order valence-electron chi connectivity index (χ3n) is 24.4. The summed E-state index contributed by atoms with van der Waals surface area (Å²) < 4.78 is 9.40. The van der Waals surface area contributed by atoms with E-state index in [-0.39, 0.29) is 0 Å². The number of para-hydroxylation sites is 6. The quantitative estimate of drug-likeness (QED) is 0.142. The summed E-state index contributed by atoms with van der Waals surface area (Å²) in [6.45, 7) is 0. The first-order valence-corrected chi connectivity index (χ1v) is 39.1. The molecule has 2 aliphatic heterocycles. The first-order valence-electron chi connectivity index (χ1n) is 39.1. The molecule has 18 aromatic carbocycles. The molecule has 0 amide bonds. The summed E-state index contributed by atoms with van der Waals surface area (Å²) in [5, 5.41) is 9.60. The Balaban J connectivity index is 0.000000132. The molecule has 3 aliphatic rings. The van der Waals surface area contributed by atoms with Crippen molar-refractivity contribution in [2.75, 3.05) is 0 Å². The first kappa shape index (κ1) is 63.8. The predicted molar refractivity (Wildman–Crippen MR) is 466 cm³/mol. The van der Waals surface area contributed by atoms with E-state index < -0.39 is 10.8 Å². The van der Waals surface area contributed by atoms with Gasteiger partial charge in [0.1, 0.15) is 34.1 Å². The van der Waals surface area contributed by atoms with Crippen LogP contribution in [0.25, 0.3) is 166 Å². The Morgan fingerprint density at radius 2 is 0.570 bits per heavy atom. The minimum absolute atomic E-state index is 0.498. The van der Waals surface area contributed by atoms with Crippen molar-refractivity contribution in [1.82, 2.24) is 38.2 Å². The van der Waals surface area contributed by atoms with Crippen molar-refractivity contribution < 1.29 is 0 Å². The van der Waals surface area contributed by atoms with Crippen LogP contribution in [-0.2, 0) is 10.8 Å². The Bertz CT molecular complexity index is 7280. The van der Waals surface area contributed by atoms with Gasteiger partial charge in [0.2, 0.25) is 0 Å². The van der Waals surface area contributed by atoms with Gasteiger partial charge in [-0.2, -0.15) is 0 Å². The lowest BCUT2D eigenvalue weighted by Gasteiger charge is -2.30. The van der Waals surface area contributed by atoms with Gasteiger partial charge in [-0.3, -0.25) is 18.3 Å². The lowest BCUT2D eigenvalue weighted by atomic mass is 9.70. The number of imidazole rings is 4. The Kier molecular flexibility index (Phi) is 13.8. The van der Waals surface area contributed by atoms with Gasteiger partial charge in [-0.15, -0.1) is 0 Å². The van der Waals surface area contributed by atoms with Crippen LogP contribution >= 0.6 is 0 Å². The summed E-state index contributed by atoms with van der Waals surface area (Å²) >= 11 is 0. The molecule has 4 aromatic heterocycles. The highest BCUT2D eigenvalue weighted by Crippen LogP contribution is 2.61. The summed E-state index contributed by atoms with van der Waals surface area (Å²) in [7, 11) is 0. The van der Waals surface area contributed by atoms with Crippen LogP contribution in [0.5, 0.6) is 0 Å². The van der Waals surface area contributed by atoms with Gasteiger partial charge in [0.15, 0.2) is 0 Å². The Labute approximate surface area is 656 Å². The van der Waals surface area contributed by atoms with E-state index in [1.165, 1.54) is 110 Å². The molecule has 0 saturated heterocycles. The van der Waals surface area contributed by atoms with E-state index in [1.54, 1.807) is 0 Å². The summed E-state index contributed by atoms with van der Waals surface area (Å²) in [6.07, 6.45) is 0. The molecule has 0 atom stereocenters. The van der Waals surface area contributed by atoms with Crippen molar-refractivity contribution in [3.8, 4) is 78.9 Å². The molecule has 0 unspecified atom stereocenters.